The molecule has 0 aromatic heterocycles. The monoisotopic (exact) mass is 458 g/mol. The number of amides is 2. The van der Waals surface area contributed by atoms with Gasteiger partial charge in [0.15, 0.2) is 5.11 Å². The van der Waals surface area contributed by atoms with Crippen molar-refractivity contribution in [2.24, 2.45) is 0 Å². The molecule has 1 heterocycles. The molecule has 1 aliphatic rings. The summed E-state index contributed by atoms with van der Waals surface area (Å²) in [5.41, 5.74) is 3.26. The van der Waals surface area contributed by atoms with Gasteiger partial charge in [-0.1, -0.05) is 48.0 Å². The van der Waals surface area contributed by atoms with Crippen molar-refractivity contribution in [3.63, 3.8) is 0 Å². The summed E-state index contributed by atoms with van der Waals surface area (Å²) in [6.45, 7) is 2.34. The van der Waals surface area contributed by atoms with E-state index in [1.54, 1.807) is 49.6 Å². The van der Waals surface area contributed by atoms with Gasteiger partial charge in [0.25, 0.3) is 11.8 Å². The first-order chi connectivity index (χ1) is 16.0. The average Bonchev–Trinajstić information content (AvgIpc) is 2.82. The molecule has 6 nitrogen and oxygen atoms in total. The fourth-order valence-corrected chi connectivity index (χ4v) is 3.64. The van der Waals surface area contributed by atoms with Gasteiger partial charge >= 0.3 is 0 Å². The summed E-state index contributed by atoms with van der Waals surface area (Å²) in [4.78, 5) is 27.2. The first-order valence-electron chi connectivity index (χ1n) is 10.3. The average molecular weight is 459 g/mol. The SMILES string of the molecule is COc1ccc(/C=C2/C(=O)NC(=S)N(c3ccccc3)C2=O)c(OCc2ccc(C)cc2)c1. The molecule has 0 radical (unpaired) electrons. The van der Waals surface area contributed by atoms with Crippen LogP contribution in [0.15, 0.2) is 78.4 Å². The molecule has 166 valence electrons. The standard InChI is InChI=1S/C26H22N2O4S/c1-17-8-10-18(11-9-17)16-32-23-15-21(31-2)13-12-19(23)14-22-24(29)27-26(33)28(25(22)30)20-6-4-3-5-7-20/h3-15H,16H2,1-2H3,(H,27,29,33)/b22-14-. The smallest absolute Gasteiger partial charge is 0.270 e. The summed E-state index contributed by atoms with van der Waals surface area (Å²) in [7, 11) is 1.56. The summed E-state index contributed by atoms with van der Waals surface area (Å²) in [6.07, 6.45) is 1.51. The highest BCUT2D eigenvalue weighted by molar-refractivity contribution is 7.80. The number of aryl methyl sites for hydroxylation is 1. The summed E-state index contributed by atoms with van der Waals surface area (Å²) < 4.78 is 11.4. The van der Waals surface area contributed by atoms with Crippen molar-refractivity contribution in [2.45, 2.75) is 13.5 Å². The number of ether oxygens (including phenoxy) is 2. The second-order valence-electron chi connectivity index (χ2n) is 7.47. The molecule has 33 heavy (non-hydrogen) atoms. The number of hydrogen-bond acceptors (Lipinski definition) is 5. The van der Waals surface area contributed by atoms with Gasteiger partial charge in [0.1, 0.15) is 23.7 Å². The molecule has 1 saturated heterocycles. The highest BCUT2D eigenvalue weighted by atomic mass is 32.1. The van der Waals surface area contributed by atoms with Crippen molar-refractivity contribution in [1.82, 2.24) is 5.32 Å². The molecule has 1 N–H and O–H groups in total. The van der Waals surface area contributed by atoms with Crippen LogP contribution in [0.2, 0.25) is 0 Å². The van der Waals surface area contributed by atoms with E-state index in [2.05, 4.69) is 5.32 Å². The highest BCUT2D eigenvalue weighted by Gasteiger charge is 2.34. The van der Waals surface area contributed by atoms with Crippen LogP contribution in [0.5, 0.6) is 11.5 Å². The van der Waals surface area contributed by atoms with Gasteiger partial charge in [0.05, 0.1) is 12.8 Å². The lowest BCUT2D eigenvalue weighted by Crippen LogP contribution is -2.54. The van der Waals surface area contributed by atoms with Gasteiger partial charge in [-0.15, -0.1) is 0 Å². The molecular weight excluding hydrogens is 436 g/mol. The van der Waals surface area contributed by atoms with Crippen LogP contribution in [-0.4, -0.2) is 24.0 Å². The highest BCUT2D eigenvalue weighted by Crippen LogP contribution is 2.29. The Kier molecular flexibility index (Phi) is 6.51. The van der Waals surface area contributed by atoms with E-state index in [1.807, 2.05) is 37.3 Å². The maximum absolute atomic E-state index is 13.2. The lowest BCUT2D eigenvalue weighted by Gasteiger charge is -2.29. The van der Waals surface area contributed by atoms with Crippen LogP contribution in [0.1, 0.15) is 16.7 Å². The zero-order valence-electron chi connectivity index (χ0n) is 18.2. The molecule has 3 aromatic carbocycles. The Morgan fingerprint density at radius 1 is 1.00 bits per heavy atom. The number of para-hydroxylation sites is 1. The largest absolute Gasteiger partial charge is 0.497 e. The van der Waals surface area contributed by atoms with Gasteiger partial charge in [-0.2, -0.15) is 0 Å². The fraction of sp³-hybridized carbons (Fsp3) is 0.115. The van der Waals surface area contributed by atoms with E-state index < -0.39 is 11.8 Å². The van der Waals surface area contributed by atoms with Crippen LogP contribution in [0, 0.1) is 6.92 Å². The summed E-state index contributed by atoms with van der Waals surface area (Å²) in [5, 5.41) is 2.64. The first-order valence-corrected chi connectivity index (χ1v) is 10.7. The summed E-state index contributed by atoms with van der Waals surface area (Å²) >= 11 is 5.25. The van der Waals surface area contributed by atoms with E-state index >= 15 is 0 Å². The van der Waals surface area contributed by atoms with Crippen molar-refractivity contribution in [3.05, 3.63) is 95.1 Å². The number of rotatable bonds is 6. The predicted molar refractivity (Wildman–Crippen MR) is 131 cm³/mol. The Hall–Kier alpha value is -3.97. The van der Waals surface area contributed by atoms with Gasteiger partial charge in [0, 0.05) is 11.6 Å². The van der Waals surface area contributed by atoms with Gasteiger partial charge in [-0.05, 0) is 55.0 Å². The molecule has 3 aromatic rings. The first kappa shape index (κ1) is 22.2. The minimum Gasteiger partial charge on any atom is -0.497 e. The van der Waals surface area contributed by atoms with Crippen molar-refractivity contribution in [1.29, 1.82) is 0 Å². The van der Waals surface area contributed by atoms with Crippen LogP contribution < -0.4 is 19.7 Å². The van der Waals surface area contributed by atoms with Crippen molar-refractivity contribution in [2.75, 3.05) is 12.0 Å². The molecule has 7 heteroatoms. The van der Waals surface area contributed by atoms with E-state index in [1.165, 1.54) is 11.0 Å². The molecule has 0 saturated carbocycles. The van der Waals surface area contributed by atoms with E-state index in [-0.39, 0.29) is 10.7 Å². The number of carbonyl (C=O) groups is 2. The predicted octanol–water partition coefficient (Wildman–Crippen LogP) is 4.41. The van der Waals surface area contributed by atoms with E-state index in [0.29, 0.717) is 29.4 Å². The van der Waals surface area contributed by atoms with E-state index in [4.69, 9.17) is 21.7 Å². The Balaban J connectivity index is 1.67. The summed E-state index contributed by atoms with van der Waals surface area (Å²) in [5.74, 6) is 0.0257. The zero-order valence-corrected chi connectivity index (χ0v) is 19.0. The van der Waals surface area contributed by atoms with Crippen LogP contribution in [-0.2, 0) is 16.2 Å². The number of hydrogen-bond donors (Lipinski definition) is 1. The molecule has 0 atom stereocenters. The Morgan fingerprint density at radius 3 is 2.42 bits per heavy atom. The maximum Gasteiger partial charge on any atom is 0.270 e. The maximum atomic E-state index is 13.2. The van der Waals surface area contributed by atoms with E-state index in [0.717, 1.165) is 11.1 Å². The van der Waals surface area contributed by atoms with Crippen LogP contribution >= 0.6 is 12.2 Å². The fourth-order valence-electron chi connectivity index (χ4n) is 3.36. The lowest BCUT2D eigenvalue weighted by molar-refractivity contribution is -0.122. The lowest BCUT2D eigenvalue weighted by atomic mass is 10.1. The Labute approximate surface area is 197 Å². The molecule has 1 aliphatic heterocycles. The second kappa shape index (κ2) is 9.67. The third-order valence-corrected chi connectivity index (χ3v) is 5.44. The molecule has 0 spiro atoms. The van der Waals surface area contributed by atoms with Gasteiger partial charge in [-0.3, -0.25) is 19.8 Å². The molecule has 1 fully saturated rings. The molecule has 2 amide bonds. The molecule has 0 unspecified atom stereocenters. The molecule has 4 rings (SSSR count). The Morgan fingerprint density at radius 2 is 1.73 bits per heavy atom. The minimum atomic E-state index is -0.558. The number of nitrogens with zero attached hydrogens (tertiary/aromatic N) is 1. The molecule has 0 aliphatic carbocycles. The topological polar surface area (TPSA) is 67.9 Å². The molecule has 0 bridgehead atoms. The van der Waals surface area contributed by atoms with Crippen molar-refractivity contribution < 1.29 is 19.1 Å². The minimum absolute atomic E-state index is 0.0407. The van der Waals surface area contributed by atoms with Gasteiger partial charge in [-0.25, -0.2) is 0 Å². The normalized spacial score (nSPS) is 14.9. The number of anilines is 1. The molecular formula is C26H22N2O4S. The van der Waals surface area contributed by atoms with Crippen molar-refractivity contribution in [3.8, 4) is 11.5 Å². The third-order valence-electron chi connectivity index (χ3n) is 5.15. The number of thiocarbonyl (C=S) groups is 1. The Bertz CT molecular complexity index is 1240. The third kappa shape index (κ3) is 4.94. The van der Waals surface area contributed by atoms with Crippen LogP contribution in [0.25, 0.3) is 6.08 Å². The van der Waals surface area contributed by atoms with Crippen LogP contribution in [0.4, 0.5) is 5.69 Å². The summed E-state index contributed by atoms with van der Waals surface area (Å²) in [6, 6.07) is 22.2. The number of benzene rings is 3. The number of nitrogens with one attached hydrogen (secondary N) is 1. The van der Waals surface area contributed by atoms with Crippen LogP contribution in [0.3, 0.4) is 0 Å². The number of methoxy groups -OCH3 is 1. The van der Waals surface area contributed by atoms with Crippen molar-refractivity contribution >= 4 is 40.9 Å². The van der Waals surface area contributed by atoms with Gasteiger partial charge < -0.3 is 9.47 Å². The van der Waals surface area contributed by atoms with Gasteiger partial charge in [0.2, 0.25) is 0 Å². The zero-order chi connectivity index (χ0) is 23.4. The second-order valence-corrected chi connectivity index (χ2v) is 7.86. The number of carbonyl (C=O) groups excluding carboxylic acids is 2. The van der Waals surface area contributed by atoms with E-state index in [9.17, 15) is 9.59 Å². The quantitative estimate of drug-likeness (QED) is 0.337.